The Balaban J connectivity index is 1.56. The van der Waals surface area contributed by atoms with Crippen LogP contribution in [0, 0.1) is 6.92 Å². The molecule has 0 aliphatic carbocycles. The molecular weight excluding hydrogens is 344 g/mol. The molecule has 0 saturated carbocycles. The number of benzene rings is 2. The predicted octanol–water partition coefficient (Wildman–Crippen LogP) is 3.49. The van der Waals surface area contributed by atoms with Gasteiger partial charge in [0, 0.05) is 17.3 Å². The first-order valence-electron chi connectivity index (χ1n) is 7.63. The fourth-order valence-electron chi connectivity index (χ4n) is 2.69. The Morgan fingerprint density at radius 1 is 1.33 bits per heavy atom. The summed E-state index contributed by atoms with van der Waals surface area (Å²) in [5, 5.41) is 3.77. The SMILES string of the molecule is Cc1cc(Cl)ccc1OCC(=O)NC(=S)N1CCc2ccccc21. The van der Waals surface area contributed by atoms with Gasteiger partial charge in [-0.1, -0.05) is 29.8 Å². The van der Waals surface area contributed by atoms with Crippen molar-refractivity contribution in [3.05, 3.63) is 58.6 Å². The van der Waals surface area contributed by atoms with Crippen LogP contribution in [0.4, 0.5) is 5.69 Å². The third-order valence-electron chi connectivity index (χ3n) is 3.87. The molecule has 0 radical (unpaired) electrons. The number of hydrogen-bond acceptors (Lipinski definition) is 3. The first kappa shape index (κ1) is 16.7. The first-order valence-corrected chi connectivity index (χ1v) is 8.41. The van der Waals surface area contributed by atoms with Crippen molar-refractivity contribution in [3.63, 3.8) is 0 Å². The number of carbonyl (C=O) groups excluding carboxylic acids is 1. The second-order valence-electron chi connectivity index (χ2n) is 5.58. The number of nitrogens with zero attached hydrogens (tertiary/aromatic N) is 1. The molecule has 1 aliphatic heterocycles. The lowest BCUT2D eigenvalue weighted by atomic mass is 10.2. The van der Waals surface area contributed by atoms with E-state index in [1.54, 1.807) is 18.2 Å². The zero-order valence-electron chi connectivity index (χ0n) is 13.2. The summed E-state index contributed by atoms with van der Waals surface area (Å²) in [5.41, 5.74) is 3.17. The first-order chi connectivity index (χ1) is 11.5. The van der Waals surface area contributed by atoms with E-state index in [1.165, 1.54) is 5.56 Å². The van der Waals surface area contributed by atoms with Crippen molar-refractivity contribution in [2.24, 2.45) is 0 Å². The van der Waals surface area contributed by atoms with E-state index in [0.29, 0.717) is 15.9 Å². The summed E-state index contributed by atoms with van der Waals surface area (Å²) in [4.78, 5) is 14.0. The molecule has 24 heavy (non-hydrogen) atoms. The average Bonchev–Trinajstić information content (AvgIpc) is 2.98. The Morgan fingerprint density at radius 2 is 2.12 bits per heavy atom. The summed E-state index contributed by atoms with van der Waals surface area (Å²) in [6.07, 6.45) is 0.923. The fraction of sp³-hybridized carbons (Fsp3) is 0.222. The van der Waals surface area contributed by atoms with Gasteiger partial charge in [0.25, 0.3) is 5.91 Å². The van der Waals surface area contributed by atoms with Crippen molar-refractivity contribution in [2.75, 3.05) is 18.1 Å². The van der Waals surface area contributed by atoms with Crippen LogP contribution in [-0.4, -0.2) is 24.2 Å². The zero-order chi connectivity index (χ0) is 17.1. The van der Waals surface area contributed by atoms with Crippen molar-refractivity contribution in [1.82, 2.24) is 5.32 Å². The zero-order valence-corrected chi connectivity index (χ0v) is 14.8. The Labute approximate surface area is 151 Å². The molecule has 1 aliphatic rings. The lowest BCUT2D eigenvalue weighted by molar-refractivity contribution is -0.121. The highest BCUT2D eigenvalue weighted by Crippen LogP contribution is 2.27. The molecule has 1 heterocycles. The van der Waals surface area contributed by atoms with E-state index in [4.69, 9.17) is 28.6 Å². The Bertz CT molecular complexity index is 794. The number of anilines is 1. The van der Waals surface area contributed by atoms with E-state index < -0.39 is 0 Å². The van der Waals surface area contributed by atoms with Gasteiger partial charge in [-0.25, -0.2) is 0 Å². The minimum atomic E-state index is -0.279. The van der Waals surface area contributed by atoms with E-state index in [-0.39, 0.29) is 12.5 Å². The van der Waals surface area contributed by atoms with Gasteiger partial charge in [-0.15, -0.1) is 0 Å². The minimum absolute atomic E-state index is 0.0991. The maximum absolute atomic E-state index is 12.1. The predicted molar refractivity (Wildman–Crippen MR) is 99.9 cm³/mol. The second-order valence-corrected chi connectivity index (χ2v) is 6.41. The number of para-hydroxylation sites is 1. The molecule has 1 N–H and O–H groups in total. The Kier molecular flexibility index (Phi) is 5.02. The molecule has 0 saturated heterocycles. The van der Waals surface area contributed by atoms with E-state index in [2.05, 4.69) is 11.4 Å². The van der Waals surface area contributed by atoms with Gasteiger partial charge in [-0.2, -0.15) is 0 Å². The molecule has 0 atom stereocenters. The summed E-state index contributed by atoms with van der Waals surface area (Å²) in [6.45, 7) is 2.55. The van der Waals surface area contributed by atoms with Crippen molar-refractivity contribution >= 4 is 40.5 Å². The number of halogens is 1. The monoisotopic (exact) mass is 360 g/mol. The van der Waals surface area contributed by atoms with Crippen LogP contribution in [0.15, 0.2) is 42.5 Å². The maximum atomic E-state index is 12.1. The normalized spacial score (nSPS) is 12.7. The Morgan fingerprint density at radius 3 is 2.92 bits per heavy atom. The van der Waals surface area contributed by atoms with Gasteiger partial charge in [-0.3, -0.25) is 10.1 Å². The standard InChI is InChI=1S/C18H17ClN2O2S/c1-12-10-14(19)6-7-16(12)23-11-17(22)20-18(24)21-9-8-13-4-2-3-5-15(13)21/h2-7,10H,8-9,11H2,1H3,(H,20,22,24). The topological polar surface area (TPSA) is 41.6 Å². The highest BCUT2D eigenvalue weighted by Gasteiger charge is 2.22. The molecule has 124 valence electrons. The van der Waals surface area contributed by atoms with Gasteiger partial charge in [0.05, 0.1) is 0 Å². The van der Waals surface area contributed by atoms with Crippen molar-refractivity contribution < 1.29 is 9.53 Å². The van der Waals surface area contributed by atoms with Crippen LogP contribution in [0.2, 0.25) is 5.02 Å². The van der Waals surface area contributed by atoms with Gasteiger partial charge >= 0.3 is 0 Å². The van der Waals surface area contributed by atoms with Gasteiger partial charge in [0.2, 0.25) is 0 Å². The molecule has 0 bridgehead atoms. The smallest absolute Gasteiger partial charge is 0.264 e. The van der Waals surface area contributed by atoms with Gasteiger partial charge in [0.1, 0.15) is 5.75 Å². The van der Waals surface area contributed by atoms with Gasteiger partial charge in [-0.05, 0) is 61.0 Å². The molecule has 2 aromatic rings. The molecule has 0 unspecified atom stereocenters. The molecule has 0 fully saturated rings. The summed E-state index contributed by atoms with van der Waals surface area (Å²) >= 11 is 11.3. The number of nitrogens with one attached hydrogen (secondary N) is 1. The van der Waals surface area contributed by atoms with Crippen LogP contribution in [-0.2, 0) is 11.2 Å². The molecule has 3 rings (SSSR count). The van der Waals surface area contributed by atoms with E-state index in [1.807, 2.05) is 30.0 Å². The summed E-state index contributed by atoms with van der Waals surface area (Å²) in [6, 6.07) is 13.3. The molecular formula is C18H17ClN2O2S. The van der Waals surface area contributed by atoms with Gasteiger partial charge in [0.15, 0.2) is 11.7 Å². The second kappa shape index (κ2) is 7.20. The molecule has 2 aromatic carbocycles. The molecule has 1 amide bonds. The maximum Gasteiger partial charge on any atom is 0.264 e. The Hall–Kier alpha value is -2.11. The van der Waals surface area contributed by atoms with Crippen molar-refractivity contribution in [3.8, 4) is 5.75 Å². The largest absolute Gasteiger partial charge is 0.483 e. The minimum Gasteiger partial charge on any atom is -0.483 e. The summed E-state index contributed by atoms with van der Waals surface area (Å²) < 4.78 is 5.54. The quantitative estimate of drug-likeness (QED) is 0.851. The van der Waals surface area contributed by atoms with Crippen LogP contribution >= 0.6 is 23.8 Å². The van der Waals surface area contributed by atoms with Crippen molar-refractivity contribution in [2.45, 2.75) is 13.3 Å². The van der Waals surface area contributed by atoms with Crippen LogP contribution < -0.4 is 15.0 Å². The highest BCUT2D eigenvalue weighted by molar-refractivity contribution is 7.80. The molecule has 6 heteroatoms. The average molecular weight is 361 g/mol. The number of ether oxygens (including phenoxy) is 1. The number of thiocarbonyl (C=S) groups is 1. The van der Waals surface area contributed by atoms with E-state index >= 15 is 0 Å². The summed E-state index contributed by atoms with van der Waals surface area (Å²) in [5.74, 6) is 0.353. The number of amides is 1. The van der Waals surface area contributed by atoms with Crippen LogP contribution in [0.3, 0.4) is 0 Å². The molecule has 0 aromatic heterocycles. The number of hydrogen-bond donors (Lipinski definition) is 1. The van der Waals surface area contributed by atoms with Gasteiger partial charge < -0.3 is 9.64 Å². The van der Waals surface area contributed by atoms with E-state index in [0.717, 1.165) is 24.2 Å². The van der Waals surface area contributed by atoms with Crippen molar-refractivity contribution in [1.29, 1.82) is 0 Å². The van der Waals surface area contributed by atoms with Crippen LogP contribution in [0.5, 0.6) is 5.75 Å². The number of aryl methyl sites for hydroxylation is 1. The third-order valence-corrected chi connectivity index (χ3v) is 4.43. The number of rotatable bonds is 3. The fourth-order valence-corrected chi connectivity index (χ4v) is 3.22. The number of fused-ring (bicyclic) bond motifs is 1. The number of carbonyl (C=O) groups is 1. The molecule has 0 spiro atoms. The van der Waals surface area contributed by atoms with E-state index in [9.17, 15) is 4.79 Å². The highest BCUT2D eigenvalue weighted by atomic mass is 35.5. The van der Waals surface area contributed by atoms with Crippen LogP contribution in [0.1, 0.15) is 11.1 Å². The lowest BCUT2D eigenvalue weighted by Crippen LogP contribution is -2.43. The van der Waals surface area contributed by atoms with Crippen LogP contribution in [0.25, 0.3) is 0 Å². The third kappa shape index (κ3) is 3.68. The lowest BCUT2D eigenvalue weighted by Gasteiger charge is -2.20. The summed E-state index contributed by atoms with van der Waals surface area (Å²) in [7, 11) is 0. The molecule has 4 nitrogen and oxygen atoms in total.